The van der Waals surface area contributed by atoms with Gasteiger partial charge in [0.1, 0.15) is 0 Å². The first-order valence-corrected chi connectivity index (χ1v) is 10.0. The van der Waals surface area contributed by atoms with E-state index in [1.54, 1.807) is 0 Å². The maximum absolute atomic E-state index is 8.54. The fourth-order valence-corrected chi connectivity index (χ4v) is 2.23. The molecule has 0 aromatic heterocycles. The smallest absolute Gasteiger partial charge is 0.0681 e. The van der Waals surface area contributed by atoms with Crippen LogP contribution in [-0.4, -0.2) is 15.3 Å². The van der Waals surface area contributed by atoms with Gasteiger partial charge in [0.05, 0.1) is 19.8 Å². The molecule has 4 aromatic carbocycles. The molecule has 0 saturated heterocycles. The first kappa shape index (κ1) is 29.5. The van der Waals surface area contributed by atoms with Crippen molar-refractivity contribution in [1.82, 2.24) is 0 Å². The molecule has 0 aliphatic rings. The molecule has 4 heteroatoms. The number of benzene rings is 4. The van der Waals surface area contributed by atoms with Crippen LogP contribution in [0.5, 0.6) is 0 Å². The van der Waals surface area contributed by atoms with Gasteiger partial charge in [0.25, 0.3) is 0 Å². The molecule has 0 saturated carbocycles. The molecule has 0 heterocycles. The average Bonchev–Trinajstić information content (AvgIpc) is 2.87. The first-order chi connectivity index (χ1) is 15.2. The van der Waals surface area contributed by atoms with Crippen molar-refractivity contribution in [3.05, 3.63) is 151 Å². The third kappa shape index (κ3) is 15.3. The van der Waals surface area contributed by atoms with Crippen LogP contribution in [0.1, 0.15) is 22.3 Å². The molecule has 0 fully saturated rings. The minimum Gasteiger partial charge on any atom is -0.392 e. The summed E-state index contributed by atoms with van der Waals surface area (Å²) in [6, 6.07) is 38.4. The van der Waals surface area contributed by atoms with E-state index in [0.29, 0.717) is 0 Å². The van der Waals surface area contributed by atoms with Gasteiger partial charge in [-0.25, -0.2) is 0 Å². The van der Waals surface area contributed by atoms with Crippen LogP contribution in [0.4, 0.5) is 0 Å². The van der Waals surface area contributed by atoms with Gasteiger partial charge in [-0.3, -0.25) is 0 Å². The van der Waals surface area contributed by atoms with E-state index in [-0.39, 0.29) is 46.0 Å². The molecule has 0 amide bonds. The van der Waals surface area contributed by atoms with Gasteiger partial charge in [-0.1, -0.05) is 97.1 Å². The van der Waals surface area contributed by atoms with E-state index >= 15 is 0 Å². The molecule has 0 aliphatic heterocycles. The average molecular weight is 507 g/mol. The summed E-state index contributed by atoms with van der Waals surface area (Å²) in [5.74, 6) is 0. The van der Waals surface area contributed by atoms with Gasteiger partial charge in [0, 0.05) is 26.2 Å². The van der Waals surface area contributed by atoms with Crippen LogP contribution >= 0.6 is 0 Å². The quantitative estimate of drug-likeness (QED) is 0.326. The Morgan fingerprint density at radius 3 is 0.750 bits per heavy atom. The second kappa shape index (κ2) is 20.4. The van der Waals surface area contributed by atoms with Gasteiger partial charge in [-0.05, 0) is 16.7 Å². The number of rotatable bonds is 3. The summed E-state index contributed by atoms with van der Waals surface area (Å²) in [5, 5.41) is 25.6. The van der Waals surface area contributed by atoms with Gasteiger partial charge >= 0.3 is 0 Å². The van der Waals surface area contributed by atoms with Crippen LogP contribution in [-0.2, 0) is 46.0 Å². The van der Waals surface area contributed by atoms with E-state index in [9.17, 15) is 0 Å². The van der Waals surface area contributed by atoms with Gasteiger partial charge in [-0.2, -0.15) is 24.6 Å². The first-order valence-electron chi connectivity index (χ1n) is 10.0. The predicted molar refractivity (Wildman–Crippen MR) is 128 cm³/mol. The van der Waals surface area contributed by atoms with Crippen LogP contribution in [0.25, 0.3) is 0 Å². The molecular formula is C28H31O3Zr-. The van der Waals surface area contributed by atoms with Crippen LogP contribution in [0.15, 0.2) is 121 Å². The number of aliphatic hydroxyl groups is 3. The fourth-order valence-electron chi connectivity index (χ4n) is 2.23. The Kier molecular flexibility index (Phi) is 18.8. The SMILES string of the molecule is OCc1ccccc1.OCc1ccccc1.OCc1ccccc1.[CH2-]c1ccccc1.[Zr]. The summed E-state index contributed by atoms with van der Waals surface area (Å²) in [4.78, 5) is 0. The van der Waals surface area contributed by atoms with E-state index in [4.69, 9.17) is 15.3 Å². The molecule has 4 rings (SSSR count). The molecule has 3 nitrogen and oxygen atoms in total. The molecule has 4 aromatic rings. The zero-order valence-corrected chi connectivity index (χ0v) is 20.7. The third-order valence-electron chi connectivity index (χ3n) is 3.92. The van der Waals surface area contributed by atoms with E-state index in [2.05, 4.69) is 6.92 Å². The fraction of sp³-hybridized carbons (Fsp3) is 0.107. The van der Waals surface area contributed by atoms with Crippen molar-refractivity contribution < 1.29 is 41.5 Å². The molecule has 0 aliphatic carbocycles. The summed E-state index contributed by atoms with van der Waals surface area (Å²) in [5.41, 5.74) is 3.97. The maximum Gasteiger partial charge on any atom is 0.0681 e. The van der Waals surface area contributed by atoms with Gasteiger partial charge in [-0.15, -0.1) is 12.1 Å². The van der Waals surface area contributed by atoms with E-state index in [0.717, 1.165) is 22.3 Å². The van der Waals surface area contributed by atoms with Crippen molar-refractivity contribution in [2.24, 2.45) is 0 Å². The molecule has 166 valence electrons. The van der Waals surface area contributed by atoms with Crippen LogP contribution in [0.3, 0.4) is 0 Å². The van der Waals surface area contributed by atoms with Crippen LogP contribution in [0.2, 0.25) is 0 Å². The van der Waals surface area contributed by atoms with Crippen molar-refractivity contribution >= 4 is 0 Å². The Labute approximate surface area is 211 Å². The van der Waals surface area contributed by atoms with Gasteiger partial charge in [0.2, 0.25) is 0 Å². The second-order valence-corrected chi connectivity index (χ2v) is 6.42. The summed E-state index contributed by atoms with van der Waals surface area (Å²) in [6.07, 6.45) is 0. The number of aliphatic hydroxyl groups excluding tert-OH is 3. The van der Waals surface area contributed by atoms with Crippen LogP contribution < -0.4 is 0 Å². The number of hydrogen-bond donors (Lipinski definition) is 3. The molecular weight excluding hydrogens is 476 g/mol. The molecule has 3 N–H and O–H groups in total. The van der Waals surface area contributed by atoms with Crippen molar-refractivity contribution in [1.29, 1.82) is 0 Å². The van der Waals surface area contributed by atoms with Gasteiger partial charge < -0.3 is 15.3 Å². The van der Waals surface area contributed by atoms with E-state index < -0.39 is 0 Å². The Bertz CT molecular complexity index is 793. The summed E-state index contributed by atoms with van der Waals surface area (Å²) < 4.78 is 0. The molecule has 32 heavy (non-hydrogen) atoms. The standard InChI is InChI=1S/3C7H8O.C7H7.Zr/c3*8-6-7-4-2-1-3-5-7;1-7-5-3-2-4-6-7;/h3*1-5,8H,6H2;2-6H,1H2;/q;;;-1;. The largest absolute Gasteiger partial charge is 0.392 e. The minimum atomic E-state index is 0. The Morgan fingerprint density at radius 2 is 0.625 bits per heavy atom. The molecule has 0 bridgehead atoms. The van der Waals surface area contributed by atoms with E-state index in [1.165, 1.54) is 0 Å². The van der Waals surface area contributed by atoms with E-state index in [1.807, 2.05) is 121 Å². The van der Waals surface area contributed by atoms with Crippen molar-refractivity contribution in [3.8, 4) is 0 Å². The zero-order valence-electron chi connectivity index (χ0n) is 18.2. The molecule has 0 spiro atoms. The van der Waals surface area contributed by atoms with Crippen molar-refractivity contribution in [2.75, 3.05) is 0 Å². The zero-order chi connectivity index (χ0) is 22.6. The summed E-state index contributed by atoms with van der Waals surface area (Å²) in [6.45, 7) is 4.14. The minimum absolute atomic E-state index is 0. The Hall–Kier alpha value is -2.49. The molecule has 0 radical (unpaired) electrons. The number of hydrogen-bond acceptors (Lipinski definition) is 3. The Balaban J connectivity index is 0.000000397. The normalized spacial score (nSPS) is 8.72. The molecule has 0 unspecified atom stereocenters. The maximum atomic E-state index is 8.54. The second-order valence-electron chi connectivity index (χ2n) is 6.42. The topological polar surface area (TPSA) is 60.7 Å². The monoisotopic (exact) mass is 505 g/mol. The van der Waals surface area contributed by atoms with Gasteiger partial charge in [0.15, 0.2) is 0 Å². The van der Waals surface area contributed by atoms with Crippen molar-refractivity contribution in [3.63, 3.8) is 0 Å². The third-order valence-corrected chi connectivity index (χ3v) is 3.92. The van der Waals surface area contributed by atoms with Crippen molar-refractivity contribution in [2.45, 2.75) is 19.8 Å². The Morgan fingerprint density at radius 1 is 0.406 bits per heavy atom. The predicted octanol–water partition coefficient (Wildman–Crippen LogP) is 5.40. The van der Waals surface area contributed by atoms with Crippen LogP contribution in [0, 0.1) is 6.92 Å². The summed E-state index contributed by atoms with van der Waals surface area (Å²) in [7, 11) is 0. The summed E-state index contributed by atoms with van der Waals surface area (Å²) >= 11 is 0. The molecule has 0 atom stereocenters.